The summed E-state index contributed by atoms with van der Waals surface area (Å²) in [5.41, 5.74) is 1.70. The molecule has 0 radical (unpaired) electrons. The second kappa shape index (κ2) is 8.86. The second-order valence-corrected chi connectivity index (χ2v) is 8.79. The van der Waals surface area contributed by atoms with Crippen molar-refractivity contribution in [3.8, 4) is 0 Å². The number of nitrogens with one attached hydrogen (secondary N) is 1. The van der Waals surface area contributed by atoms with Crippen molar-refractivity contribution < 1.29 is 9.59 Å². The minimum Gasteiger partial charge on any atom is -0.348 e. The molecule has 2 heterocycles. The highest BCUT2D eigenvalue weighted by Crippen LogP contribution is 2.27. The van der Waals surface area contributed by atoms with Gasteiger partial charge in [0.05, 0.1) is 5.01 Å². The van der Waals surface area contributed by atoms with Gasteiger partial charge in [-0.25, -0.2) is 4.98 Å². The lowest BCUT2D eigenvalue weighted by Crippen LogP contribution is -2.41. The molecule has 6 heteroatoms. The molecule has 0 bridgehead atoms. The first kappa shape index (κ1) is 19.1. The van der Waals surface area contributed by atoms with E-state index in [4.69, 9.17) is 0 Å². The van der Waals surface area contributed by atoms with Gasteiger partial charge in [0.2, 0.25) is 5.91 Å². The first-order valence-electron chi connectivity index (χ1n) is 10.3. The Morgan fingerprint density at radius 2 is 1.79 bits per heavy atom. The number of hydrogen-bond acceptors (Lipinski definition) is 4. The lowest BCUT2D eigenvalue weighted by Gasteiger charge is -2.30. The van der Waals surface area contributed by atoms with E-state index >= 15 is 0 Å². The Kier molecular flexibility index (Phi) is 6.05. The second-order valence-electron chi connectivity index (χ2n) is 7.84. The van der Waals surface area contributed by atoms with E-state index in [-0.39, 0.29) is 17.9 Å². The summed E-state index contributed by atoms with van der Waals surface area (Å²) < 4.78 is 0. The van der Waals surface area contributed by atoms with Crippen LogP contribution in [0.5, 0.6) is 0 Å². The van der Waals surface area contributed by atoms with Crippen LogP contribution in [0.1, 0.15) is 59.6 Å². The van der Waals surface area contributed by atoms with Crippen LogP contribution in [0.15, 0.2) is 35.7 Å². The van der Waals surface area contributed by atoms with Gasteiger partial charge >= 0.3 is 0 Å². The Balaban J connectivity index is 1.26. The van der Waals surface area contributed by atoms with Crippen LogP contribution < -0.4 is 5.32 Å². The molecule has 1 saturated heterocycles. The van der Waals surface area contributed by atoms with Crippen LogP contribution >= 0.6 is 11.3 Å². The molecule has 1 aromatic heterocycles. The van der Waals surface area contributed by atoms with Crippen molar-refractivity contribution in [2.75, 3.05) is 13.1 Å². The van der Waals surface area contributed by atoms with Crippen molar-refractivity contribution in [3.63, 3.8) is 0 Å². The topological polar surface area (TPSA) is 62.3 Å². The van der Waals surface area contributed by atoms with E-state index in [0.29, 0.717) is 11.6 Å². The number of amides is 2. The van der Waals surface area contributed by atoms with Crippen molar-refractivity contribution in [2.24, 2.45) is 5.92 Å². The van der Waals surface area contributed by atoms with Crippen LogP contribution in [0.4, 0.5) is 0 Å². The van der Waals surface area contributed by atoms with Crippen LogP contribution in [0.25, 0.3) is 0 Å². The molecule has 28 heavy (non-hydrogen) atoms. The molecule has 2 amide bonds. The molecule has 2 aliphatic rings. The minimum atomic E-state index is -0.0927. The molecule has 2 aromatic rings. The standard InChI is InChI=1S/C22H27N3O2S/c26-21(19-15-28-20(24-19)14-16-6-2-1-3-7-16)23-18-10-8-17(9-11-18)22(27)25-12-4-5-13-25/h1-3,6-7,15,17-18H,4-5,8-14H2,(H,23,26). The van der Waals surface area contributed by atoms with Gasteiger partial charge in [-0.2, -0.15) is 0 Å². The number of benzene rings is 1. The third-order valence-corrected chi connectivity index (χ3v) is 6.66. The maximum Gasteiger partial charge on any atom is 0.270 e. The lowest BCUT2D eigenvalue weighted by atomic mass is 9.85. The van der Waals surface area contributed by atoms with Gasteiger partial charge in [-0.3, -0.25) is 9.59 Å². The highest BCUT2D eigenvalue weighted by atomic mass is 32.1. The first-order chi connectivity index (χ1) is 13.7. The molecule has 0 spiro atoms. The minimum absolute atomic E-state index is 0.0927. The molecule has 1 saturated carbocycles. The van der Waals surface area contributed by atoms with E-state index in [1.54, 1.807) is 0 Å². The fourth-order valence-corrected chi connectivity index (χ4v) is 5.02. The Bertz CT molecular complexity index is 806. The summed E-state index contributed by atoms with van der Waals surface area (Å²) >= 11 is 1.53. The van der Waals surface area contributed by atoms with E-state index in [9.17, 15) is 9.59 Å². The average Bonchev–Trinajstić information content (AvgIpc) is 3.41. The van der Waals surface area contributed by atoms with Gasteiger partial charge in [-0.15, -0.1) is 11.3 Å². The van der Waals surface area contributed by atoms with Crippen molar-refractivity contribution >= 4 is 23.2 Å². The van der Waals surface area contributed by atoms with E-state index < -0.39 is 0 Å². The number of carbonyl (C=O) groups excluding carboxylic acids is 2. The Labute approximate surface area is 170 Å². The zero-order valence-electron chi connectivity index (χ0n) is 16.1. The molecule has 1 N–H and O–H groups in total. The summed E-state index contributed by atoms with van der Waals surface area (Å²) in [6, 6.07) is 10.3. The molecule has 4 rings (SSSR count). The fraction of sp³-hybridized carbons (Fsp3) is 0.500. The van der Waals surface area contributed by atoms with Crippen LogP contribution in [0, 0.1) is 5.92 Å². The largest absolute Gasteiger partial charge is 0.348 e. The number of rotatable bonds is 5. The Hall–Kier alpha value is -2.21. The van der Waals surface area contributed by atoms with Crippen LogP contribution in [0.2, 0.25) is 0 Å². The summed E-state index contributed by atoms with van der Waals surface area (Å²) in [7, 11) is 0. The van der Waals surface area contributed by atoms with Gasteiger partial charge in [0.25, 0.3) is 5.91 Å². The molecule has 148 valence electrons. The SMILES string of the molecule is O=C(NC1CCC(C(=O)N2CCCC2)CC1)c1csc(Cc2ccccc2)n1. The van der Waals surface area contributed by atoms with E-state index in [2.05, 4.69) is 22.4 Å². The maximum atomic E-state index is 12.6. The van der Waals surface area contributed by atoms with Crippen molar-refractivity contribution in [3.05, 3.63) is 52.0 Å². The van der Waals surface area contributed by atoms with Crippen molar-refractivity contribution in [1.29, 1.82) is 0 Å². The predicted molar refractivity (Wildman–Crippen MR) is 110 cm³/mol. The van der Waals surface area contributed by atoms with Gasteiger partial charge in [-0.1, -0.05) is 30.3 Å². The van der Waals surface area contributed by atoms with Gasteiger partial charge in [0.15, 0.2) is 0 Å². The molecule has 5 nitrogen and oxygen atoms in total. The average molecular weight is 398 g/mol. The Morgan fingerprint density at radius 3 is 2.50 bits per heavy atom. The molecular weight excluding hydrogens is 370 g/mol. The number of carbonyl (C=O) groups is 2. The summed E-state index contributed by atoms with van der Waals surface area (Å²) in [5.74, 6) is 0.375. The number of hydrogen-bond donors (Lipinski definition) is 1. The highest BCUT2D eigenvalue weighted by molar-refractivity contribution is 7.09. The molecule has 2 fully saturated rings. The summed E-state index contributed by atoms with van der Waals surface area (Å²) in [5, 5.41) is 5.92. The quantitative estimate of drug-likeness (QED) is 0.838. The summed E-state index contributed by atoms with van der Waals surface area (Å²) in [4.78, 5) is 31.6. The number of thiazole rings is 1. The first-order valence-corrected chi connectivity index (χ1v) is 11.1. The monoisotopic (exact) mass is 397 g/mol. The number of aromatic nitrogens is 1. The Morgan fingerprint density at radius 1 is 1.07 bits per heavy atom. The van der Waals surface area contributed by atoms with Crippen LogP contribution in [-0.2, 0) is 11.2 Å². The molecule has 1 aliphatic heterocycles. The predicted octanol–water partition coefficient (Wildman–Crippen LogP) is 3.64. The zero-order valence-corrected chi connectivity index (χ0v) is 16.9. The van der Waals surface area contributed by atoms with E-state index in [1.165, 1.54) is 16.9 Å². The zero-order chi connectivity index (χ0) is 19.3. The number of likely N-dealkylation sites (tertiary alicyclic amines) is 1. The lowest BCUT2D eigenvalue weighted by molar-refractivity contribution is -0.135. The molecule has 1 aliphatic carbocycles. The molecule has 0 atom stereocenters. The maximum absolute atomic E-state index is 12.6. The van der Waals surface area contributed by atoms with Gasteiger partial charge < -0.3 is 10.2 Å². The van der Waals surface area contributed by atoms with E-state index in [0.717, 1.165) is 63.0 Å². The summed E-state index contributed by atoms with van der Waals surface area (Å²) in [6.07, 6.45) is 6.51. The van der Waals surface area contributed by atoms with E-state index in [1.807, 2.05) is 28.5 Å². The fourth-order valence-electron chi connectivity index (χ4n) is 4.21. The highest BCUT2D eigenvalue weighted by Gasteiger charge is 2.31. The molecular formula is C22H27N3O2S. The molecule has 1 aromatic carbocycles. The van der Waals surface area contributed by atoms with Crippen molar-refractivity contribution in [1.82, 2.24) is 15.2 Å². The van der Waals surface area contributed by atoms with Gasteiger partial charge in [-0.05, 0) is 44.1 Å². The van der Waals surface area contributed by atoms with Gasteiger partial charge in [0.1, 0.15) is 5.69 Å². The van der Waals surface area contributed by atoms with Crippen LogP contribution in [0.3, 0.4) is 0 Å². The van der Waals surface area contributed by atoms with Gasteiger partial charge in [0, 0.05) is 36.9 Å². The van der Waals surface area contributed by atoms with Crippen molar-refractivity contribution in [2.45, 2.75) is 51.0 Å². The molecule has 0 unspecified atom stereocenters. The third kappa shape index (κ3) is 4.61. The normalized spacial score (nSPS) is 22.2. The third-order valence-electron chi connectivity index (χ3n) is 5.81. The number of nitrogens with zero attached hydrogens (tertiary/aromatic N) is 2. The van der Waals surface area contributed by atoms with Crippen LogP contribution in [-0.4, -0.2) is 40.8 Å². The summed E-state index contributed by atoms with van der Waals surface area (Å²) in [6.45, 7) is 1.84. The smallest absolute Gasteiger partial charge is 0.270 e.